The molecule has 1 N–H and O–H groups in total. The van der Waals surface area contributed by atoms with Crippen LogP contribution in [-0.4, -0.2) is 35.1 Å². The van der Waals surface area contributed by atoms with Crippen LogP contribution in [0.15, 0.2) is 54.6 Å². The Morgan fingerprint density at radius 2 is 1.88 bits per heavy atom. The van der Waals surface area contributed by atoms with Crippen LogP contribution in [-0.2, 0) is 11.2 Å². The lowest BCUT2D eigenvalue weighted by atomic mass is 10.0. The monoisotopic (exact) mass is 325 g/mol. The maximum Gasteiger partial charge on any atom is 0.225 e. The van der Waals surface area contributed by atoms with Gasteiger partial charge in [-0.2, -0.15) is 0 Å². The molecule has 3 atom stereocenters. The molecule has 24 heavy (non-hydrogen) atoms. The number of hydrogen-bond donors (Lipinski definition) is 1. The second-order valence-electron chi connectivity index (χ2n) is 6.34. The predicted molar refractivity (Wildman–Crippen MR) is 92.8 cm³/mol. The number of rotatable bonds is 5. The highest BCUT2D eigenvalue weighted by Gasteiger charge is 2.32. The van der Waals surface area contributed by atoms with Gasteiger partial charge in [0.15, 0.2) is 0 Å². The van der Waals surface area contributed by atoms with Crippen LogP contribution in [0.25, 0.3) is 0 Å². The fourth-order valence-electron chi connectivity index (χ4n) is 3.06. The van der Waals surface area contributed by atoms with Crippen molar-refractivity contribution in [1.29, 1.82) is 0 Å². The standard InChI is InChI=1S/C20H23NO3/c1-14(19-12-16-10-6-7-11-18(16)24-19)21(2)20(23)13-17(22)15-8-4-3-5-9-15/h3-11,14,17,19,22H,12-13H2,1-2H3. The Hall–Kier alpha value is -2.33. The molecule has 0 aliphatic carbocycles. The Morgan fingerprint density at radius 1 is 1.21 bits per heavy atom. The molecule has 0 spiro atoms. The summed E-state index contributed by atoms with van der Waals surface area (Å²) in [5.41, 5.74) is 1.94. The molecule has 1 heterocycles. The molecule has 1 aliphatic heterocycles. The van der Waals surface area contributed by atoms with E-state index in [0.29, 0.717) is 0 Å². The van der Waals surface area contributed by atoms with Crippen LogP contribution in [0.4, 0.5) is 0 Å². The van der Waals surface area contributed by atoms with Gasteiger partial charge in [-0.15, -0.1) is 0 Å². The first-order valence-electron chi connectivity index (χ1n) is 8.29. The van der Waals surface area contributed by atoms with Gasteiger partial charge in [0.05, 0.1) is 18.6 Å². The molecule has 0 bridgehead atoms. The minimum Gasteiger partial charge on any atom is -0.488 e. The van der Waals surface area contributed by atoms with Crippen molar-refractivity contribution in [2.24, 2.45) is 0 Å². The van der Waals surface area contributed by atoms with Crippen molar-refractivity contribution in [3.8, 4) is 5.75 Å². The zero-order valence-electron chi connectivity index (χ0n) is 14.1. The molecule has 0 aromatic heterocycles. The molecule has 3 rings (SSSR count). The van der Waals surface area contributed by atoms with E-state index in [4.69, 9.17) is 4.74 Å². The summed E-state index contributed by atoms with van der Waals surface area (Å²) in [4.78, 5) is 14.2. The highest BCUT2D eigenvalue weighted by Crippen LogP contribution is 2.30. The smallest absolute Gasteiger partial charge is 0.225 e. The van der Waals surface area contributed by atoms with E-state index in [1.165, 1.54) is 5.56 Å². The molecule has 0 fully saturated rings. The molecule has 2 aromatic carbocycles. The van der Waals surface area contributed by atoms with Gasteiger partial charge in [0.25, 0.3) is 0 Å². The van der Waals surface area contributed by atoms with E-state index in [1.807, 2.05) is 55.5 Å². The van der Waals surface area contributed by atoms with Gasteiger partial charge in [-0.1, -0.05) is 48.5 Å². The van der Waals surface area contributed by atoms with Crippen molar-refractivity contribution < 1.29 is 14.6 Å². The van der Waals surface area contributed by atoms with E-state index in [2.05, 4.69) is 6.07 Å². The summed E-state index contributed by atoms with van der Waals surface area (Å²) in [6.07, 6.45) is 0.0426. The van der Waals surface area contributed by atoms with Crippen molar-refractivity contribution in [2.45, 2.75) is 38.0 Å². The summed E-state index contributed by atoms with van der Waals surface area (Å²) >= 11 is 0. The number of benzene rings is 2. The van der Waals surface area contributed by atoms with Crippen molar-refractivity contribution in [3.63, 3.8) is 0 Å². The number of aliphatic hydroxyl groups is 1. The van der Waals surface area contributed by atoms with E-state index in [1.54, 1.807) is 11.9 Å². The van der Waals surface area contributed by atoms with Crippen molar-refractivity contribution >= 4 is 5.91 Å². The summed E-state index contributed by atoms with van der Waals surface area (Å²) < 4.78 is 5.97. The number of fused-ring (bicyclic) bond motifs is 1. The average Bonchev–Trinajstić information content (AvgIpc) is 3.05. The van der Waals surface area contributed by atoms with Crippen LogP contribution in [0, 0.1) is 0 Å². The first-order chi connectivity index (χ1) is 11.6. The topological polar surface area (TPSA) is 49.8 Å². The summed E-state index contributed by atoms with van der Waals surface area (Å²) in [5, 5.41) is 10.3. The Morgan fingerprint density at radius 3 is 2.58 bits per heavy atom. The molecule has 2 aromatic rings. The third kappa shape index (κ3) is 3.44. The summed E-state index contributed by atoms with van der Waals surface area (Å²) in [6.45, 7) is 1.99. The van der Waals surface area contributed by atoms with Gasteiger partial charge in [0, 0.05) is 13.5 Å². The Labute approximate surface area is 142 Å². The SMILES string of the molecule is CC(C1Cc2ccccc2O1)N(C)C(=O)CC(O)c1ccccc1. The Bertz CT molecular complexity index is 676. The second-order valence-corrected chi connectivity index (χ2v) is 6.34. The highest BCUT2D eigenvalue weighted by molar-refractivity contribution is 5.77. The number of carbonyl (C=O) groups is 1. The molecular weight excluding hydrogens is 302 g/mol. The molecule has 4 heteroatoms. The fraction of sp³-hybridized carbons (Fsp3) is 0.350. The maximum atomic E-state index is 12.5. The number of para-hydroxylation sites is 1. The molecular formula is C20H23NO3. The van der Waals surface area contributed by atoms with Crippen LogP contribution in [0.2, 0.25) is 0 Å². The maximum absolute atomic E-state index is 12.5. The van der Waals surface area contributed by atoms with Gasteiger partial charge in [0.2, 0.25) is 5.91 Å². The molecule has 0 saturated carbocycles. The largest absolute Gasteiger partial charge is 0.488 e. The molecule has 126 valence electrons. The number of likely N-dealkylation sites (N-methyl/N-ethyl adjacent to an activating group) is 1. The lowest BCUT2D eigenvalue weighted by Gasteiger charge is -2.30. The Balaban J connectivity index is 1.60. The summed E-state index contributed by atoms with van der Waals surface area (Å²) in [7, 11) is 1.77. The van der Waals surface area contributed by atoms with Crippen LogP contribution in [0.1, 0.15) is 30.6 Å². The highest BCUT2D eigenvalue weighted by atomic mass is 16.5. The zero-order valence-corrected chi connectivity index (χ0v) is 14.1. The van der Waals surface area contributed by atoms with Crippen LogP contribution < -0.4 is 4.74 Å². The minimum absolute atomic E-state index is 0.0507. The first-order valence-corrected chi connectivity index (χ1v) is 8.29. The number of amides is 1. The second kappa shape index (κ2) is 7.05. The molecule has 4 nitrogen and oxygen atoms in total. The Kier molecular flexibility index (Phi) is 4.86. The van der Waals surface area contributed by atoms with Crippen molar-refractivity contribution in [1.82, 2.24) is 4.90 Å². The van der Waals surface area contributed by atoms with Crippen LogP contribution in [0.5, 0.6) is 5.75 Å². The van der Waals surface area contributed by atoms with E-state index in [0.717, 1.165) is 17.7 Å². The lowest BCUT2D eigenvalue weighted by Crippen LogP contribution is -2.45. The van der Waals surface area contributed by atoms with E-state index < -0.39 is 6.10 Å². The van der Waals surface area contributed by atoms with Crippen molar-refractivity contribution in [2.75, 3.05) is 7.05 Å². The van der Waals surface area contributed by atoms with Gasteiger partial charge in [-0.3, -0.25) is 4.79 Å². The summed E-state index contributed by atoms with van der Waals surface area (Å²) in [6, 6.07) is 17.2. The normalized spacial score (nSPS) is 18.4. The number of ether oxygens (including phenoxy) is 1. The molecule has 0 saturated heterocycles. The molecule has 3 unspecified atom stereocenters. The minimum atomic E-state index is -0.782. The number of carbonyl (C=O) groups excluding carboxylic acids is 1. The zero-order chi connectivity index (χ0) is 17.1. The first kappa shape index (κ1) is 16.5. The molecule has 1 amide bonds. The van der Waals surface area contributed by atoms with Gasteiger partial charge in [-0.25, -0.2) is 0 Å². The van der Waals surface area contributed by atoms with Gasteiger partial charge >= 0.3 is 0 Å². The quantitative estimate of drug-likeness (QED) is 0.919. The number of hydrogen-bond acceptors (Lipinski definition) is 3. The predicted octanol–water partition coefficient (Wildman–Crippen LogP) is 2.96. The molecule has 1 aliphatic rings. The third-order valence-electron chi connectivity index (χ3n) is 4.77. The average molecular weight is 325 g/mol. The van der Waals surface area contributed by atoms with Gasteiger partial charge < -0.3 is 14.7 Å². The summed E-state index contributed by atoms with van der Waals surface area (Å²) in [5.74, 6) is 0.818. The number of aliphatic hydroxyl groups excluding tert-OH is 1. The van der Waals surface area contributed by atoms with E-state index in [9.17, 15) is 9.90 Å². The fourth-order valence-corrected chi connectivity index (χ4v) is 3.06. The van der Waals surface area contributed by atoms with E-state index in [-0.39, 0.29) is 24.5 Å². The van der Waals surface area contributed by atoms with Crippen LogP contribution >= 0.6 is 0 Å². The van der Waals surface area contributed by atoms with Gasteiger partial charge in [0.1, 0.15) is 11.9 Å². The lowest BCUT2D eigenvalue weighted by molar-refractivity contribution is -0.135. The number of nitrogens with zero attached hydrogens (tertiary/aromatic N) is 1. The van der Waals surface area contributed by atoms with Gasteiger partial charge in [-0.05, 0) is 24.1 Å². The van der Waals surface area contributed by atoms with E-state index >= 15 is 0 Å². The van der Waals surface area contributed by atoms with Crippen molar-refractivity contribution in [3.05, 3.63) is 65.7 Å². The van der Waals surface area contributed by atoms with Crippen LogP contribution in [0.3, 0.4) is 0 Å². The third-order valence-corrected chi connectivity index (χ3v) is 4.77. The molecule has 0 radical (unpaired) electrons.